The Morgan fingerprint density at radius 3 is 2.07 bits per heavy atom. The van der Waals surface area contributed by atoms with Crippen LogP contribution >= 0.6 is 0 Å². The molecule has 1 unspecified atom stereocenters. The van der Waals surface area contributed by atoms with E-state index in [2.05, 4.69) is 5.32 Å². The van der Waals surface area contributed by atoms with Crippen LogP contribution in [0.25, 0.3) is 11.1 Å². The van der Waals surface area contributed by atoms with Gasteiger partial charge in [0.05, 0.1) is 6.10 Å². The number of anilines is 1. The van der Waals surface area contributed by atoms with Gasteiger partial charge in [-0.15, -0.1) is 0 Å². The maximum atomic E-state index is 12.3. The van der Waals surface area contributed by atoms with E-state index in [1.54, 1.807) is 12.1 Å². The van der Waals surface area contributed by atoms with Crippen LogP contribution in [0.4, 0.5) is 5.69 Å². The summed E-state index contributed by atoms with van der Waals surface area (Å²) in [6.45, 7) is 0.167. The Labute approximate surface area is 160 Å². The molecule has 0 bridgehead atoms. The summed E-state index contributed by atoms with van der Waals surface area (Å²) in [4.78, 5) is 14.3. The molecule has 4 heteroatoms. The Bertz CT molecular complexity index is 873. The lowest BCUT2D eigenvalue weighted by atomic mass is 10.0. The molecule has 4 nitrogen and oxygen atoms in total. The van der Waals surface area contributed by atoms with E-state index in [0.29, 0.717) is 5.56 Å². The number of hydrogen-bond acceptors (Lipinski definition) is 3. The smallest absolute Gasteiger partial charge is 0.251 e. The number of carbonyl (C=O) groups excluding carboxylic acids is 1. The molecular formula is C23H24N2O2. The quantitative estimate of drug-likeness (QED) is 0.701. The van der Waals surface area contributed by atoms with Gasteiger partial charge in [0.2, 0.25) is 0 Å². The monoisotopic (exact) mass is 360 g/mol. The van der Waals surface area contributed by atoms with E-state index in [4.69, 9.17) is 0 Å². The fraction of sp³-hybridized carbons (Fsp3) is 0.174. The lowest BCUT2D eigenvalue weighted by molar-refractivity contribution is 0.0916. The molecule has 0 radical (unpaired) electrons. The van der Waals surface area contributed by atoms with Gasteiger partial charge in [-0.2, -0.15) is 0 Å². The average Bonchev–Trinajstić information content (AvgIpc) is 2.72. The lowest BCUT2D eigenvalue weighted by Crippen LogP contribution is -2.28. The molecule has 0 fully saturated rings. The molecule has 3 aromatic rings. The van der Waals surface area contributed by atoms with Crippen LogP contribution in [-0.2, 0) is 0 Å². The number of aliphatic hydroxyl groups is 1. The first-order chi connectivity index (χ1) is 13.0. The van der Waals surface area contributed by atoms with Gasteiger partial charge in [-0.3, -0.25) is 4.79 Å². The summed E-state index contributed by atoms with van der Waals surface area (Å²) in [5.41, 5.74) is 4.59. The minimum absolute atomic E-state index is 0.167. The lowest BCUT2D eigenvalue weighted by Gasteiger charge is -2.16. The Morgan fingerprint density at radius 1 is 0.889 bits per heavy atom. The first-order valence-electron chi connectivity index (χ1n) is 8.93. The van der Waals surface area contributed by atoms with Crippen molar-refractivity contribution < 1.29 is 9.90 Å². The van der Waals surface area contributed by atoms with Crippen molar-refractivity contribution in [2.45, 2.75) is 6.10 Å². The molecule has 0 aliphatic carbocycles. The number of carbonyl (C=O) groups is 1. The predicted molar refractivity (Wildman–Crippen MR) is 110 cm³/mol. The highest BCUT2D eigenvalue weighted by Gasteiger charge is 2.11. The summed E-state index contributed by atoms with van der Waals surface area (Å²) >= 11 is 0. The summed E-state index contributed by atoms with van der Waals surface area (Å²) in [5.74, 6) is -0.196. The number of hydrogen-bond donors (Lipinski definition) is 2. The summed E-state index contributed by atoms with van der Waals surface area (Å²) < 4.78 is 0. The number of rotatable bonds is 6. The molecule has 0 saturated carbocycles. The Morgan fingerprint density at radius 2 is 1.48 bits per heavy atom. The predicted octanol–water partition coefficient (Wildman–Crippen LogP) is 3.88. The van der Waals surface area contributed by atoms with Crippen LogP contribution in [0.5, 0.6) is 0 Å². The number of amides is 1. The van der Waals surface area contributed by atoms with Crippen LogP contribution in [-0.4, -0.2) is 31.7 Å². The number of aliphatic hydroxyl groups excluding tert-OH is 1. The third kappa shape index (κ3) is 4.74. The molecule has 0 saturated heterocycles. The zero-order valence-electron chi connectivity index (χ0n) is 15.6. The van der Waals surface area contributed by atoms with Crippen LogP contribution in [0, 0.1) is 0 Å². The van der Waals surface area contributed by atoms with Crippen LogP contribution < -0.4 is 10.2 Å². The van der Waals surface area contributed by atoms with Crippen molar-refractivity contribution >= 4 is 11.6 Å². The Hall–Kier alpha value is -3.11. The van der Waals surface area contributed by atoms with Gasteiger partial charge < -0.3 is 15.3 Å². The largest absolute Gasteiger partial charge is 0.387 e. The zero-order valence-corrected chi connectivity index (χ0v) is 15.6. The van der Waals surface area contributed by atoms with Crippen molar-refractivity contribution in [3.8, 4) is 11.1 Å². The highest BCUT2D eigenvalue weighted by atomic mass is 16.3. The summed E-state index contributed by atoms with van der Waals surface area (Å²) in [7, 11) is 3.93. The first kappa shape index (κ1) is 18.7. The van der Waals surface area contributed by atoms with E-state index in [0.717, 1.165) is 22.4 Å². The fourth-order valence-electron chi connectivity index (χ4n) is 2.85. The Balaban J connectivity index is 1.58. The topological polar surface area (TPSA) is 52.6 Å². The van der Waals surface area contributed by atoms with Gasteiger partial charge in [-0.25, -0.2) is 0 Å². The van der Waals surface area contributed by atoms with Gasteiger partial charge in [-0.1, -0.05) is 54.6 Å². The fourth-order valence-corrected chi connectivity index (χ4v) is 2.85. The van der Waals surface area contributed by atoms with E-state index in [1.807, 2.05) is 85.7 Å². The molecule has 0 spiro atoms. The highest BCUT2D eigenvalue weighted by molar-refractivity contribution is 5.94. The molecule has 3 rings (SSSR count). The van der Waals surface area contributed by atoms with Gasteiger partial charge in [0, 0.05) is 31.9 Å². The third-order valence-electron chi connectivity index (χ3n) is 4.50. The van der Waals surface area contributed by atoms with E-state index in [-0.39, 0.29) is 12.5 Å². The number of benzene rings is 3. The van der Waals surface area contributed by atoms with E-state index < -0.39 is 6.10 Å². The highest BCUT2D eigenvalue weighted by Crippen LogP contribution is 2.20. The van der Waals surface area contributed by atoms with Gasteiger partial charge in [0.25, 0.3) is 5.91 Å². The van der Waals surface area contributed by atoms with Crippen LogP contribution in [0.2, 0.25) is 0 Å². The molecule has 0 aromatic heterocycles. The minimum Gasteiger partial charge on any atom is -0.387 e. The molecule has 3 aromatic carbocycles. The van der Waals surface area contributed by atoms with E-state index in [1.165, 1.54) is 0 Å². The van der Waals surface area contributed by atoms with Crippen molar-refractivity contribution in [3.05, 3.63) is 90.0 Å². The van der Waals surface area contributed by atoms with Crippen molar-refractivity contribution in [1.29, 1.82) is 0 Å². The third-order valence-corrected chi connectivity index (χ3v) is 4.50. The second-order valence-corrected chi connectivity index (χ2v) is 6.66. The molecule has 138 valence electrons. The van der Waals surface area contributed by atoms with Crippen LogP contribution in [0.1, 0.15) is 22.0 Å². The second kappa shape index (κ2) is 8.52. The Kier molecular flexibility index (Phi) is 5.89. The first-order valence-corrected chi connectivity index (χ1v) is 8.93. The standard InChI is InChI=1S/C23H24N2O2/c1-25(2)21-14-12-19(13-15-21)22(26)16-24-23(27)20-10-8-18(9-11-20)17-6-4-3-5-7-17/h3-15,22,26H,16H2,1-2H3,(H,24,27). The summed E-state index contributed by atoms with van der Waals surface area (Å²) in [6.07, 6.45) is -0.742. The van der Waals surface area contributed by atoms with Crippen LogP contribution in [0.3, 0.4) is 0 Å². The number of nitrogens with zero attached hydrogens (tertiary/aromatic N) is 1. The van der Waals surface area contributed by atoms with Gasteiger partial charge in [-0.05, 0) is 41.0 Å². The van der Waals surface area contributed by atoms with Crippen LogP contribution in [0.15, 0.2) is 78.9 Å². The molecular weight excluding hydrogens is 336 g/mol. The normalized spacial score (nSPS) is 11.7. The molecule has 0 aliphatic heterocycles. The number of nitrogens with one attached hydrogen (secondary N) is 1. The van der Waals surface area contributed by atoms with Gasteiger partial charge in [0.1, 0.15) is 0 Å². The molecule has 0 aliphatic rings. The minimum atomic E-state index is -0.742. The van der Waals surface area contributed by atoms with Crippen molar-refractivity contribution in [2.24, 2.45) is 0 Å². The molecule has 1 amide bonds. The maximum Gasteiger partial charge on any atom is 0.251 e. The van der Waals surface area contributed by atoms with Crippen molar-refractivity contribution in [1.82, 2.24) is 5.32 Å². The molecule has 2 N–H and O–H groups in total. The SMILES string of the molecule is CN(C)c1ccc(C(O)CNC(=O)c2ccc(-c3ccccc3)cc2)cc1. The molecule has 27 heavy (non-hydrogen) atoms. The van der Waals surface area contributed by atoms with E-state index >= 15 is 0 Å². The molecule has 1 atom stereocenters. The summed E-state index contributed by atoms with van der Waals surface area (Å²) in [6, 6.07) is 25.1. The second-order valence-electron chi connectivity index (χ2n) is 6.66. The maximum absolute atomic E-state index is 12.3. The zero-order chi connectivity index (χ0) is 19.2. The van der Waals surface area contributed by atoms with Gasteiger partial charge in [0.15, 0.2) is 0 Å². The van der Waals surface area contributed by atoms with Crippen molar-refractivity contribution in [2.75, 3.05) is 25.5 Å². The summed E-state index contributed by atoms with van der Waals surface area (Å²) in [5, 5.41) is 13.1. The van der Waals surface area contributed by atoms with E-state index in [9.17, 15) is 9.90 Å². The molecule has 0 heterocycles. The van der Waals surface area contributed by atoms with Crippen molar-refractivity contribution in [3.63, 3.8) is 0 Å². The van der Waals surface area contributed by atoms with Gasteiger partial charge >= 0.3 is 0 Å². The average molecular weight is 360 g/mol.